The first-order valence-electron chi connectivity index (χ1n) is 6.00. The van der Waals surface area contributed by atoms with Crippen LogP contribution in [0.4, 0.5) is 0 Å². The quantitative estimate of drug-likeness (QED) is 0.765. The normalized spacial score (nSPS) is 11.0. The highest BCUT2D eigenvalue weighted by molar-refractivity contribution is 7.09. The number of hydrogen-bond acceptors (Lipinski definition) is 4. The van der Waals surface area contributed by atoms with Crippen LogP contribution in [0.2, 0.25) is 0 Å². The monoisotopic (exact) mass is 289 g/mol. The Kier molecular flexibility index (Phi) is 3.11. The summed E-state index contributed by atoms with van der Waals surface area (Å²) >= 11 is 1.51. The first-order chi connectivity index (χ1) is 9.66. The third-order valence-electron chi connectivity index (χ3n) is 3.06. The Morgan fingerprint density at radius 2 is 2.30 bits per heavy atom. The molecule has 0 radical (unpaired) electrons. The fourth-order valence-corrected chi connectivity index (χ4v) is 2.80. The summed E-state index contributed by atoms with van der Waals surface area (Å²) in [6, 6.07) is 4.81. The highest BCUT2D eigenvalue weighted by Crippen LogP contribution is 2.17. The number of aromatic carboxylic acids is 1. The molecule has 2 aromatic heterocycles. The zero-order valence-electron chi connectivity index (χ0n) is 10.4. The molecule has 0 aliphatic heterocycles. The fourth-order valence-electron chi connectivity index (χ4n) is 2.19. The van der Waals surface area contributed by atoms with E-state index in [1.807, 2.05) is 5.38 Å². The van der Waals surface area contributed by atoms with Crippen LogP contribution in [0.15, 0.2) is 34.6 Å². The van der Waals surface area contributed by atoms with Gasteiger partial charge >= 0.3 is 11.7 Å². The third-order valence-corrected chi connectivity index (χ3v) is 3.90. The van der Waals surface area contributed by atoms with Crippen LogP contribution < -0.4 is 5.69 Å². The van der Waals surface area contributed by atoms with Gasteiger partial charge in [0.15, 0.2) is 0 Å². The number of carbonyl (C=O) groups is 1. The number of carboxylic acid groups (broad SMARTS) is 1. The number of aryl methyl sites for hydroxylation is 2. The number of imidazole rings is 1. The largest absolute Gasteiger partial charge is 0.478 e. The summed E-state index contributed by atoms with van der Waals surface area (Å²) < 4.78 is 1.46. The van der Waals surface area contributed by atoms with E-state index >= 15 is 0 Å². The summed E-state index contributed by atoms with van der Waals surface area (Å²) in [5.41, 5.74) is 0.792. The van der Waals surface area contributed by atoms with Crippen molar-refractivity contribution in [1.29, 1.82) is 0 Å². The molecule has 0 bridgehead atoms. The number of aromatic amines is 1. The molecule has 0 aliphatic carbocycles. The molecule has 102 valence electrons. The van der Waals surface area contributed by atoms with Crippen LogP contribution in [0.5, 0.6) is 0 Å². The van der Waals surface area contributed by atoms with Crippen molar-refractivity contribution in [2.24, 2.45) is 0 Å². The average Bonchev–Trinajstić information content (AvgIpc) is 3.02. The van der Waals surface area contributed by atoms with E-state index in [2.05, 4.69) is 9.97 Å². The van der Waals surface area contributed by atoms with Crippen molar-refractivity contribution in [2.75, 3.05) is 0 Å². The van der Waals surface area contributed by atoms with Gasteiger partial charge in [-0.1, -0.05) is 6.07 Å². The maximum atomic E-state index is 12.0. The highest BCUT2D eigenvalue weighted by atomic mass is 32.1. The van der Waals surface area contributed by atoms with Crippen LogP contribution in [0.3, 0.4) is 0 Å². The minimum Gasteiger partial charge on any atom is -0.478 e. The van der Waals surface area contributed by atoms with Gasteiger partial charge in [0.1, 0.15) is 0 Å². The molecule has 7 heteroatoms. The number of aromatic nitrogens is 3. The number of para-hydroxylation sites is 1. The fraction of sp³-hybridized carbons (Fsp3) is 0.154. The Labute approximate surface area is 117 Å². The van der Waals surface area contributed by atoms with Crippen molar-refractivity contribution in [3.63, 3.8) is 0 Å². The van der Waals surface area contributed by atoms with Gasteiger partial charge < -0.3 is 10.1 Å². The molecule has 0 fully saturated rings. The summed E-state index contributed by atoms with van der Waals surface area (Å²) in [6.45, 7) is 0.399. The molecule has 0 saturated heterocycles. The second kappa shape index (κ2) is 4.93. The van der Waals surface area contributed by atoms with Gasteiger partial charge in [-0.2, -0.15) is 0 Å². The minimum atomic E-state index is -1.04. The number of rotatable bonds is 4. The Bertz CT molecular complexity index is 817. The first kappa shape index (κ1) is 12.6. The first-order valence-corrected chi connectivity index (χ1v) is 6.88. The van der Waals surface area contributed by atoms with E-state index in [-0.39, 0.29) is 11.3 Å². The number of H-pyrrole nitrogens is 1. The van der Waals surface area contributed by atoms with Crippen LogP contribution >= 0.6 is 11.3 Å². The molecule has 6 nitrogen and oxygen atoms in total. The topological polar surface area (TPSA) is 88.0 Å². The Hall–Kier alpha value is -2.41. The summed E-state index contributed by atoms with van der Waals surface area (Å²) in [4.78, 5) is 30.1. The summed E-state index contributed by atoms with van der Waals surface area (Å²) in [7, 11) is 0. The van der Waals surface area contributed by atoms with Gasteiger partial charge in [-0.3, -0.25) is 4.57 Å². The van der Waals surface area contributed by atoms with Crippen LogP contribution in [-0.4, -0.2) is 25.6 Å². The molecule has 0 saturated carbocycles. The molecule has 20 heavy (non-hydrogen) atoms. The standard InChI is InChI=1S/C13H11N3O3S/c17-12(18)8-2-1-3-9-11(8)16(13(19)15-9)6-4-10-14-5-7-20-10/h1-3,5,7H,4,6H2,(H,15,19)(H,17,18). The van der Waals surface area contributed by atoms with Crippen molar-refractivity contribution in [1.82, 2.24) is 14.5 Å². The minimum absolute atomic E-state index is 0.125. The van der Waals surface area contributed by atoms with Crippen molar-refractivity contribution < 1.29 is 9.90 Å². The number of nitrogens with zero attached hydrogens (tertiary/aromatic N) is 2. The maximum Gasteiger partial charge on any atom is 0.337 e. The molecule has 2 heterocycles. The van der Waals surface area contributed by atoms with Gasteiger partial charge in [-0.05, 0) is 12.1 Å². The van der Waals surface area contributed by atoms with E-state index in [0.717, 1.165) is 5.01 Å². The van der Waals surface area contributed by atoms with E-state index < -0.39 is 5.97 Å². The number of hydrogen-bond donors (Lipinski definition) is 2. The number of nitrogens with one attached hydrogen (secondary N) is 1. The molecule has 1 aromatic carbocycles. The van der Waals surface area contributed by atoms with E-state index in [4.69, 9.17) is 0 Å². The highest BCUT2D eigenvalue weighted by Gasteiger charge is 2.15. The number of thiazole rings is 1. The lowest BCUT2D eigenvalue weighted by molar-refractivity contribution is 0.0698. The molecular formula is C13H11N3O3S. The number of fused-ring (bicyclic) bond motifs is 1. The molecule has 3 aromatic rings. The Morgan fingerprint density at radius 3 is 3.00 bits per heavy atom. The Balaban J connectivity index is 2.07. The predicted octanol–water partition coefficient (Wildman–Crippen LogP) is 1.73. The SMILES string of the molecule is O=C(O)c1cccc2[nH]c(=O)n(CCc3nccs3)c12. The zero-order chi connectivity index (χ0) is 14.1. The van der Waals surface area contributed by atoms with Crippen LogP contribution in [0, 0.1) is 0 Å². The van der Waals surface area contributed by atoms with Crippen LogP contribution in [0.1, 0.15) is 15.4 Å². The van der Waals surface area contributed by atoms with Gasteiger partial charge in [0.2, 0.25) is 0 Å². The average molecular weight is 289 g/mol. The molecule has 0 amide bonds. The molecule has 2 N–H and O–H groups in total. The van der Waals surface area contributed by atoms with Crippen LogP contribution in [-0.2, 0) is 13.0 Å². The summed E-state index contributed by atoms with van der Waals surface area (Å²) in [5, 5.41) is 12.0. The third kappa shape index (κ3) is 2.12. The molecule has 3 rings (SSSR count). The number of carboxylic acids is 1. The molecular weight excluding hydrogens is 278 g/mol. The van der Waals surface area contributed by atoms with Crippen molar-refractivity contribution >= 4 is 28.3 Å². The summed E-state index contributed by atoms with van der Waals surface area (Å²) in [6.07, 6.45) is 2.30. The van der Waals surface area contributed by atoms with E-state index in [1.54, 1.807) is 18.3 Å². The second-order valence-electron chi connectivity index (χ2n) is 4.26. The molecule has 0 atom stereocenters. The van der Waals surface area contributed by atoms with Crippen LogP contribution in [0.25, 0.3) is 11.0 Å². The summed E-state index contributed by atoms with van der Waals surface area (Å²) in [5.74, 6) is -1.04. The lowest BCUT2D eigenvalue weighted by Crippen LogP contribution is -2.19. The predicted molar refractivity (Wildman–Crippen MR) is 75.3 cm³/mol. The van der Waals surface area contributed by atoms with E-state index in [0.29, 0.717) is 24.0 Å². The second-order valence-corrected chi connectivity index (χ2v) is 5.24. The molecule has 0 spiro atoms. The van der Waals surface area contributed by atoms with Crippen molar-refractivity contribution in [3.8, 4) is 0 Å². The van der Waals surface area contributed by atoms with Gasteiger partial charge in [-0.15, -0.1) is 11.3 Å². The smallest absolute Gasteiger partial charge is 0.337 e. The van der Waals surface area contributed by atoms with E-state index in [9.17, 15) is 14.7 Å². The lowest BCUT2D eigenvalue weighted by Gasteiger charge is -2.04. The lowest BCUT2D eigenvalue weighted by atomic mass is 10.2. The molecule has 0 unspecified atom stereocenters. The molecule has 0 aliphatic rings. The van der Waals surface area contributed by atoms with E-state index in [1.165, 1.54) is 22.0 Å². The van der Waals surface area contributed by atoms with Gasteiger partial charge in [0, 0.05) is 24.5 Å². The van der Waals surface area contributed by atoms with Gasteiger partial charge in [0.25, 0.3) is 0 Å². The Morgan fingerprint density at radius 1 is 1.45 bits per heavy atom. The van der Waals surface area contributed by atoms with Gasteiger partial charge in [0.05, 0.1) is 21.6 Å². The van der Waals surface area contributed by atoms with Crippen molar-refractivity contribution in [2.45, 2.75) is 13.0 Å². The zero-order valence-corrected chi connectivity index (χ0v) is 11.2. The van der Waals surface area contributed by atoms with Gasteiger partial charge in [-0.25, -0.2) is 14.6 Å². The maximum absolute atomic E-state index is 12.0. The van der Waals surface area contributed by atoms with Crippen molar-refractivity contribution in [3.05, 3.63) is 50.8 Å². The number of benzene rings is 1.